The van der Waals surface area contributed by atoms with Crippen molar-refractivity contribution in [1.29, 1.82) is 0 Å². The molecular weight excluding hydrogens is 220 g/mol. The summed E-state index contributed by atoms with van der Waals surface area (Å²) in [6, 6.07) is 6.61. The van der Waals surface area contributed by atoms with Gasteiger partial charge in [0.15, 0.2) is 6.29 Å². The molecule has 0 atom stereocenters. The van der Waals surface area contributed by atoms with E-state index in [9.17, 15) is 0 Å². The van der Waals surface area contributed by atoms with Crippen molar-refractivity contribution in [2.45, 2.75) is 31.5 Å². The van der Waals surface area contributed by atoms with Crippen LogP contribution in [0.1, 0.15) is 17.5 Å². The molecule has 1 aromatic carbocycles. The number of ether oxygens (including phenoxy) is 2. The average molecular weight is 238 g/mol. The monoisotopic (exact) mass is 238 g/mol. The second-order valence-corrected chi connectivity index (χ2v) is 5.22. The molecule has 0 radical (unpaired) electrons. The van der Waals surface area contributed by atoms with E-state index in [0.717, 1.165) is 25.4 Å². The van der Waals surface area contributed by atoms with Crippen LogP contribution in [0, 0.1) is 13.8 Å². The Morgan fingerprint density at radius 2 is 1.94 bits per heavy atom. The molecule has 0 unspecified atom stereocenters. The Balaban J connectivity index is 1.78. The molecule has 0 spiro atoms. The van der Waals surface area contributed by atoms with Crippen molar-refractivity contribution in [3.8, 4) is 0 Å². The number of thioether (sulfide) groups is 1. The molecule has 1 saturated heterocycles. The van der Waals surface area contributed by atoms with Gasteiger partial charge in [-0.2, -0.15) is 0 Å². The molecule has 2 nitrogen and oxygen atoms in total. The number of hydrogen-bond acceptors (Lipinski definition) is 3. The van der Waals surface area contributed by atoms with E-state index in [4.69, 9.17) is 9.47 Å². The van der Waals surface area contributed by atoms with Gasteiger partial charge in [0.1, 0.15) is 0 Å². The molecule has 3 heteroatoms. The van der Waals surface area contributed by atoms with Gasteiger partial charge < -0.3 is 9.47 Å². The summed E-state index contributed by atoms with van der Waals surface area (Å²) in [7, 11) is 0. The largest absolute Gasteiger partial charge is 0.350 e. The van der Waals surface area contributed by atoms with Crippen LogP contribution in [0.4, 0.5) is 0 Å². The Hall–Kier alpha value is -0.510. The van der Waals surface area contributed by atoms with E-state index >= 15 is 0 Å². The number of hydrogen-bond donors (Lipinski definition) is 0. The summed E-state index contributed by atoms with van der Waals surface area (Å²) in [5, 5.41) is 0. The highest BCUT2D eigenvalue weighted by atomic mass is 32.2. The van der Waals surface area contributed by atoms with Gasteiger partial charge in [-0.05, 0) is 37.1 Å². The van der Waals surface area contributed by atoms with Crippen molar-refractivity contribution >= 4 is 11.8 Å². The van der Waals surface area contributed by atoms with E-state index in [-0.39, 0.29) is 6.29 Å². The predicted molar refractivity (Wildman–Crippen MR) is 66.9 cm³/mol. The van der Waals surface area contributed by atoms with E-state index < -0.39 is 0 Å². The van der Waals surface area contributed by atoms with Gasteiger partial charge in [-0.25, -0.2) is 0 Å². The van der Waals surface area contributed by atoms with Crippen LogP contribution in [-0.4, -0.2) is 25.3 Å². The third kappa shape index (κ3) is 3.24. The van der Waals surface area contributed by atoms with Gasteiger partial charge in [-0.1, -0.05) is 6.07 Å². The van der Waals surface area contributed by atoms with Crippen molar-refractivity contribution in [3.05, 3.63) is 29.3 Å². The summed E-state index contributed by atoms with van der Waals surface area (Å²) < 4.78 is 10.8. The second kappa shape index (κ2) is 5.71. The number of aryl methyl sites for hydroxylation is 2. The van der Waals surface area contributed by atoms with Crippen molar-refractivity contribution < 1.29 is 9.47 Å². The summed E-state index contributed by atoms with van der Waals surface area (Å²) in [5.41, 5.74) is 2.71. The van der Waals surface area contributed by atoms with Crippen LogP contribution in [0.15, 0.2) is 23.1 Å². The van der Waals surface area contributed by atoms with Gasteiger partial charge in [0.2, 0.25) is 0 Å². The Labute approximate surface area is 101 Å². The van der Waals surface area contributed by atoms with E-state index in [1.807, 2.05) is 11.8 Å². The molecule has 0 aromatic heterocycles. The smallest absolute Gasteiger partial charge is 0.158 e. The van der Waals surface area contributed by atoms with E-state index in [1.54, 1.807) is 0 Å². The molecule has 1 fully saturated rings. The molecule has 1 aromatic rings. The Morgan fingerprint density at radius 3 is 2.62 bits per heavy atom. The van der Waals surface area contributed by atoms with Crippen LogP contribution < -0.4 is 0 Å². The highest BCUT2D eigenvalue weighted by molar-refractivity contribution is 7.99. The average Bonchev–Trinajstić information content (AvgIpc) is 2.76. The molecule has 1 aliphatic rings. The van der Waals surface area contributed by atoms with Gasteiger partial charge >= 0.3 is 0 Å². The van der Waals surface area contributed by atoms with Crippen LogP contribution in [0.2, 0.25) is 0 Å². The summed E-state index contributed by atoms with van der Waals surface area (Å²) >= 11 is 1.87. The maximum Gasteiger partial charge on any atom is 0.158 e. The fourth-order valence-electron chi connectivity index (χ4n) is 1.65. The number of benzene rings is 1. The highest BCUT2D eigenvalue weighted by Crippen LogP contribution is 2.23. The van der Waals surface area contributed by atoms with Crippen molar-refractivity contribution in [3.63, 3.8) is 0 Å². The molecule has 1 aliphatic heterocycles. The zero-order valence-corrected chi connectivity index (χ0v) is 10.7. The highest BCUT2D eigenvalue weighted by Gasteiger charge is 2.15. The van der Waals surface area contributed by atoms with Crippen LogP contribution in [0.3, 0.4) is 0 Å². The fraction of sp³-hybridized carbons (Fsp3) is 0.538. The minimum Gasteiger partial charge on any atom is -0.350 e. The molecule has 0 bridgehead atoms. The molecular formula is C13H18O2S. The fourth-order valence-corrected chi connectivity index (χ4v) is 2.62. The quantitative estimate of drug-likeness (QED) is 0.751. The van der Waals surface area contributed by atoms with Crippen LogP contribution in [-0.2, 0) is 9.47 Å². The Kier molecular flexibility index (Phi) is 4.27. The van der Waals surface area contributed by atoms with Crippen LogP contribution >= 0.6 is 11.8 Å². The first kappa shape index (κ1) is 12.0. The zero-order valence-electron chi connectivity index (χ0n) is 9.86. The van der Waals surface area contributed by atoms with Gasteiger partial charge in [0.05, 0.1) is 13.2 Å². The molecule has 1 heterocycles. The lowest BCUT2D eigenvalue weighted by Crippen LogP contribution is -2.08. The van der Waals surface area contributed by atoms with Crippen LogP contribution in [0.25, 0.3) is 0 Å². The van der Waals surface area contributed by atoms with Crippen molar-refractivity contribution in [2.24, 2.45) is 0 Å². The first-order chi connectivity index (χ1) is 7.75. The third-order valence-electron chi connectivity index (χ3n) is 2.79. The first-order valence-electron chi connectivity index (χ1n) is 5.69. The zero-order chi connectivity index (χ0) is 11.4. The number of rotatable bonds is 4. The minimum atomic E-state index is 0.0269. The van der Waals surface area contributed by atoms with Gasteiger partial charge in [0.25, 0.3) is 0 Å². The van der Waals surface area contributed by atoms with E-state index in [1.165, 1.54) is 16.0 Å². The molecule has 2 rings (SSSR count). The van der Waals surface area contributed by atoms with Gasteiger partial charge in [-0.3, -0.25) is 0 Å². The minimum absolute atomic E-state index is 0.0269. The second-order valence-electron chi connectivity index (χ2n) is 4.05. The molecule has 0 saturated carbocycles. The predicted octanol–water partition coefficient (Wildman–Crippen LogP) is 3.16. The summed E-state index contributed by atoms with van der Waals surface area (Å²) in [6.45, 7) is 5.80. The third-order valence-corrected chi connectivity index (χ3v) is 3.82. The summed E-state index contributed by atoms with van der Waals surface area (Å²) in [5.74, 6) is 1.05. The maximum atomic E-state index is 5.40. The molecule has 0 aliphatic carbocycles. The van der Waals surface area contributed by atoms with Crippen molar-refractivity contribution in [2.75, 3.05) is 19.0 Å². The van der Waals surface area contributed by atoms with Gasteiger partial charge in [-0.15, -0.1) is 11.8 Å². The van der Waals surface area contributed by atoms with Crippen molar-refractivity contribution in [1.82, 2.24) is 0 Å². The lowest BCUT2D eigenvalue weighted by molar-refractivity contribution is -0.0421. The standard InChI is InChI=1S/C13H18O2S/c1-10-3-4-12(9-11(10)2)16-8-5-13-14-6-7-15-13/h3-4,9,13H,5-8H2,1-2H3. The topological polar surface area (TPSA) is 18.5 Å². The Morgan fingerprint density at radius 1 is 1.19 bits per heavy atom. The van der Waals surface area contributed by atoms with Crippen LogP contribution in [0.5, 0.6) is 0 Å². The molecule has 0 amide bonds. The van der Waals surface area contributed by atoms with E-state index in [2.05, 4.69) is 32.0 Å². The molecule has 88 valence electrons. The molecule has 0 N–H and O–H groups in total. The summed E-state index contributed by atoms with van der Waals surface area (Å²) in [6.07, 6.45) is 0.997. The van der Waals surface area contributed by atoms with Gasteiger partial charge in [0, 0.05) is 17.1 Å². The normalized spacial score (nSPS) is 16.9. The summed E-state index contributed by atoms with van der Waals surface area (Å²) in [4.78, 5) is 1.33. The lowest BCUT2D eigenvalue weighted by atomic mass is 10.1. The first-order valence-corrected chi connectivity index (χ1v) is 6.67. The SMILES string of the molecule is Cc1ccc(SCCC2OCCO2)cc1C. The lowest BCUT2D eigenvalue weighted by Gasteiger charge is -2.09. The van der Waals surface area contributed by atoms with E-state index in [0.29, 0.717) is 0 Å². The maximum absolute atomic E-state index is 5.40. The Bertz CT molecular complexity index is 346. The molecule has 16 heavy (non-hydrogen) atoms.